The Morgan fingerprint density at radius 3 is 2.53 bits per heavy atom. The van der Waals surface area contributed by atoms with Crippen molar-refractivity contribution in [1.82, 2.24) is 0 Å². The SMILES string of the molecule is CCCSCCC(OC(=O)c1ccccc1)C(=O)O. The fraction of sp³-hybridized carbons (Fsp3) is 0.429. The van der Waals surface area contributed by atoms with Gasteiger partial charge >= 0.3 is 11.9 Å². The van der Waals surface area contributed by atoms with E-state index in [1.165, 1.54) is 0 Å². The van der Waals surface area contributed by atoms with Crippen LogP contribution in [0.1, 0.15) is 30.1 Å². The molecule has 1 unspecified atom stereocenters. The lowest BCUT2D eigenvalue weighted by molar-refractivity contribution is -0.147. The first-order valence-corrected chi connectivity index (χ1v) is 7.37. The summed E-state index contributed by atoms with van der Waals surface area (Å²) in [5.74, 6) is -0.0267. The quantitative estimate of drug-likeness (QED) is 0.586. The summed E-state index contributed by atoms with van der Waals surface area (Å²) in [5.41, 5.74) is 0.370. The molecular formula is C14H18O4S. The van der Waals surface area contributed by atoms with Crippen molar-refractivity contribution in [2.75, 3.05) is 11.5 Å². The van der Waals surface area contributed by atoms with Gasteiger partial charge in [-0.25, -0.2) is 9.59 Å². The predicted molar refractivity (Wildman–Crippen MR) is 75.5 cm³/mol. The monoisotopic (exact) mass is 282 g/mol. The lowest BCUT2D eigenvalue weighted by atomic mass is 10.2. The number of benzene rings is 1. The molecule has 0 amide bonds. The number of hydrogen-bond donors (Lipinski definition) is 1. The second-order valence-electron chi connectivity index (χ2n) is 4.00. The summed E-state index contributed by atoms with van der Waals surface area (Å²) in [4.78, 5) is 22.8. The number of carboxylic acids is 1. The second kappa shape index (κ2) is 8.58. The Hall–Kier alpha value is -1.49. The largest absolute Gasteiger partial charge is 0.479 e. The minimum absolute atomic E-state index is 0.332. The Balaban J connectivity index is 2.49. The fourth-order valence-electron chi connectivity index (χ4n) is 1.44. The van der Waals surface area contributed by atoms with E-state index in [1.54, 1.807) is 42.1 Å². The number of carbonyl (C=O) groups is 2. The van der Waals surface area contributed by atoms with Gasteiger partial charge in [-0.15, -0.1) is 0 Å². The van der Waals surface area contributed by atoms with E-state index < -0.39 is 18.0 Å². The van der Waals surface area contributed by atoms with E-state index in [4.69, 9.17) is 9.84 Å². The molecule has 1 atom stereocenters. The van der Waals surface area contributed by atoms with Gasteiger partial charge in [0.05, 0.1) is 5.56 Å². The minimum Gasteiger partial charge on any atom is -0.479 e. The first kappa shape index (κ1) is 15.6. The van der Waals surface area contributed by atoms with Crippen LogP contribution in [0.5, 0.6) is 0 Å². The molecule has 1 rings (SSSR count). The van der Waals surface area contributed by atoms with Crippen molar-refractivity contribution in [3.05, 3.63) is 35.9 Å². The highest BCUT2D eigenvalue weighted by Crippen LogP contribution is 2.11. The van der Waals surface area contributed by atoms with Gasteiger partial charge in [0, 0.05) is 6.42 Å². The molecule has 0 saturated carbocycles. The Kier molecular flexibility index (Phi) is 7.03. The number of carboxylic acid groups (broad SMARTS) is 1. The number of aliphatic carboxylic acids is 1. The van der Waals surface area contributed by atoms with Crippen LogP contribution in [0.4, 0.5) is 0 Å². The minimum atomic E-state index is -1.10. The highest BCUT2D eigenvalue weighted by molar-refractivity contribution is 7.99. The van der Waals surface area contributed by atoms with E-state index in [0.717, 1.165) is 12.2 Å². The van der Waals surface area contributed by atoms with E-state index in [-0.39, 0.29) is 0 Å². The lowest BCUT2D eigenvalue weighted by Crippen LogP contribution is -2.27. The lowest BCUT2D eigenvalue weighted by Gasteiger charge is -2.13. The van der Waals surface area contributed by atoms with Gasteiger partial charge in [0.1, 0.15) is 0 Å². The zero-order valence-corrected chi connectivity index (χ0v) is 11.7. The van der Waals surface area contributed by atoms with Crippen LogP contribution in [0.25, 0.3) is 0 Å². The topological polar surface area (TPSA) is 63.6 Å². The van der Waals surface area contributed by atoms with Gasteiger partial charge in [0.2, 0.25) is 0 Å². The van der Waals surface area contributed by atoms with Gasteiger partial charge in [0.15, 0.2) is 6.10 Å². The average molecular weight is 282 g/mol. The molecule has 104 valence electrons. The van der Waals surface area contributed by atoms with E-state index in [0.29, 0.717) is 17.7 Å². The molecule has 0 bridgehead atoms. The van der Waals surface area contributed by atoms with Crippen molar-refractivity contribution >= 4 is 23.7 Å². The second-order valence-corrected chi connectivity index (χ2v) is 5.22. The normalized spacial score (nSPS) is 11.8. The molecule has 1 aromatic carbocycles. The van der Waals surface area contributed by atoms with Crippen molar-refractivity contribution in [2.45, 2.75) is 25.9 Å². The van der Waals surface area contributed by atoms with Crippen molar-refractivity contribution in [3.8, 4) is 0 Å². The summed E-state index contributed by atoms with van der Waals surface area (Å²) in [5, 5.41) is 9.04. The van der Waals surface area contributed by atoms with Crippen molar-refractivity contribution in [1.29, 1.82) is 0 Å². The molecule has 0 spiro atoms. The van der Waals surface area contributed by atoms with E-state index >= 15 is 0 Å². The zero-order valence-electron chi connectivity index (χ0n) is 10.9. The number of carbonyl (C=O) groups excluding carboxylic acids is 1. The van der Waals surface area contributed by atoms with Crippen molar-refractivity contribution in [3.63, 3.8) is 0 Å². The van der Waals surface area contributed by atoms with Gasteiger partial charge < -0.3 is 9.84 Å². The Morgan fingerprint density at radius 2 is 1.95 bits per heavy atom. The summed E-state index contributed by atoms with van der Waals surface area (Å²) < 4.78 is 5.03. The van der Waals surface area contributed by atoms with Crippen LogP contribution < -0.4 is 0 Å². The summed E-state index contributed by atoms with van der Waals surface area (Å²) in [6, 6.07) is 8.42. The van der Waals surface area contributed by atoms with Crippen molar-refractivity contribution in [2.24, 2.45) is 0 Å². The highest BCUT2D eigenvalue weighted by Gasteiger charge is 2.22. The third kappa shape index (κ3) is 5.79. The molecule has 0 aliphatic carbocycles. The molecule has 0 aliphatic rings. The molecule has 1 N–H and O–H groups in total. The Labute approximate surface area is 117 Å². The molecule has 1 aromatic rings. The smallest absolute Gasteiger partial charge is 0.345 e. The summed E-state index contributed by atoms with van der Waals surface area (Å²) in [6.45, 7) is 2.07. The summed E-state index contributed by atoms with van der Waals surface area (Å²) in [6.07, 6.45) is 0.308. The average Bonchev–Trinajstić information content (AvgIpc) is 2.42. The van der Waals surface area contributed by atoms with Crippen LogP contribution in [0.3, 0.4) is 0 Å². The van der Waals surface area contributed by atoms with Gasteiger partial charge in [0.25, 0.3) is 0 Å². The molecule has 0 saturated heterocycles. The number of ether oxygens (including phenoxy) is 1. The molecule has 0 fully saturated rings. The summed E-state index contributed by atoms with van der Waals surface area (Å²) in [7, 11) is 0. The van der Waals surface area contributed by atoms with Crippen LogP contribution in [-0.4, -0.2) is 34.7 Å². The molecule has 0 aromatic heterocycles. The molecule has 0 aliphatic heterocycles. The van der Waals surface area contributed by atoms with Gasteiger partial charge in [-0.05, 0) is 30.1 Å². The van der Waals surface area contributed by atoms with E-state index in [9.17, 15) is 9.59 Å². The molecule has 19 heavy (non-hydrogen) atoms. The van der Waals surface area contributed by atoms with E-state index in [2.05, 4.69) is 6.92 Å². The number of thioether (sulfide) groups is 1. The third-order valence-electron chi connectivity index (χ3n) is 2.41. The fourth-order valence-corrected chi connectivity index (χ4v) is 2.31. The Bertz CT molecular complexity index is 405. The van der Waals surface area contributed by atoms with Gasteiger partial charge in [-0.2, -0.15) is 11.8 Å². The maximum Gasteiger partial charge on any atom is 0.345 e. The molecule has 5 heteroatoms. The number of rotatable bonds is 8. The maximum atomic E-state index is 11.8. The first-order valence-electron chi connectivity index (χ1n) is 6.21. The van der Waals surface area contributed by atoms with Crippen LogP contribution in [0, 0.1) is 0 Å². The van der Waals surface area contributed by atoms with Crippen LogP contribution in [0.15, 0.2) is 30.3 Å². The third-order valence-corrected chi connectivity index (χ3v) is 3.63. The molecular weight excluding hydrogens is 264 g/mol. The van der Waals surface area contributed by atoms with Gasteiger partial charge in [-0.1, -0.05) is 25.1 Å². The number of hydrogen-bond acceptors (Lipinski definition) is 4. The predicted octanol–water partition coefficient (Wildman–Crippen LogP) is 2.83. The van der Waals surface area contributed by atoms with E-state index in [1.807, 2.05) is 0 Å². The molecule has 4 nitrogen and oxygen atoms in total. The first-order chi connectivity index (χ1) is 9.15. The Morgan fingerprint density at radius 1 is 1.26 bits per heavy atom. The number of esters is 1. The summed E-state index contributed by atoms with van der Waals surface area (Å²) >= 11 is 1.67. The highest BCUT2D eigenvalue weighted by atomic mass is 32.2. The van der Waals surface area contributed by atoms with Gasteiger partial charge in [-0.3, -0.25) is 0 Å². The molecule has 0 radical (unpaired) electrons. The molecule has 0 heterocycles. The zero-order chi connectivity index (χ0) is 14.1. The standard InChI is InChI=1S/C14H18O4S/c1-2-9-19-10-8-12(13(15)16)18-14(17)11-6-4-3-5-7-11/h3-7,12H,2,8-10H2,1H3,(H,15,16). The van der Waals surface area contributed by atoms with Crippen molar-refractivity contribution < 1.29 is 19.4 Å². The maximum absolute atomic E-state index is 11.8. The van der Waals surface area contributed by atoms with Crippen LogP contribution >= 0.6 is 11.8 Å². The van der Waals surface area contributed by atoms with Crippen LogP contribution in [-0.2, 0) is 9.53 Å². The van der Waals surface area contributed by atoms with Crippen LogP contribution in [0.2, 0.25) is 0 Å².